The normalized spacial score (nSPS) is 16.7. The fraction of sp³-hybridized carbons (Fsp3) is 0.579. The van der Waals surface area contributed by atoms with Crippen LogP contribution in [0.3, 0.4) is 0 Å². The van der Waals surface area contributed by atoms with Crippen LogP contribution in [0, 0.1) is 12.3 Å². The second kappa shape index (κ2) is 6.93. The monoisotopic (exact) mass is 332 g/mol. The van der Waals surface area contributed by atoms with Gasteiger partial charge in [0, 0.05) is 16.8 Å². The van der Waals surface area contributed by atoms with Gasteiger partial charge in [-0.15, -0.1) is 0 Å². The van der Waals surface area contributed by atoms with Crippen LogP contribution >= 0.6 is 0 Å². The average molecular weight is 332 g/mol. The topological polar surface area (TPSA) is 78.4 Å². The summed E-state index contributed by atoms with van der Waals surface area (Å²) in [6.07, 6.45) is 3.42. The van der Waals surface area contributed by atoms with Crippen molar-refractivity contribution in [1.29, 1.82) is 0 Å². The van der Waals surface area contributed by atoms with Crippen LogP contribution in [0.4, 0.5) is 11.4 Å². The van der Waals surface area contributed by atoms with E-state index >= 15 is 0 Å². The summed E-state index contributed by atoms with van der Waals surface area (Å²) in [6, 6.07) is 5.42. The third-order valence-electron chi connectivity index (χ3n) is 4.47. The molecule has 5 heteroatoms. The number of anilines is 2. The van der Waals surface area contributed by atoms with Crippen LogP contribution in [-0.4, -0.2) is 22.5 Å². The Morgan fingerprint density at radius 1 is 1.17 bits per heavy atom. The van der Waals surface area contributed by atoms with Gasteiger partial charge < -0.3 is 15.7 Å². The molecule has 1 aliphatic carbocycles. The highest BCUT2D eigenvalue weighted by atomic mass is 16.3. The largest absolute Gasteiger partial charge is 0.389 e. The highest BCUT2D eigenvalue weighted by molar-refractivity contribution is 5.97. The Morgan fingerprint density at radius 2 is 1.79 bits per heavy atom. The summed E-state index contributed by atoms with van der Waals surface area (Å²) in [6.45, 7) is 7.47. The van der Waals surface area contributed by atoms with Crippen molar-refractivity contribution < 1.29 is 14.7 Å². The lowest BCUT2D eigenvalue weighted by atomic mass is 9.95. The molecule has 0 heterocycles. The van der Waals surface area contributed by atoms with Crippen molar-refractivity contribution in [3.05, 3.63) is 23.8 Å². The molecule has 2 rings (SSSR count). The lowest BCUT2D eigenvalue weighted by Gasteiger charge is -2.22. The van der Waals surface area contributed by atoms with Gasteiger partial charge in [-0.1, -0.05) is 39.7 Å². The maximum atomic E-state index is 12.2. The van der Waals surface area contributed by atoms with Crippen LogP contribution in [-0.2, 0) is 9.59 Å². The van der Waals surface area contributed by atoms with Gasteiger partial charge in [0.2, 0.25) is 11.8 Å². The summed E-state index contributed by atoms with van der Waals surface area (Å²) in [7, 11) is 0. The minimum Gasteiger partial charge on any atom is -0.389 e. The third kappa shape index (κ3) is 4.81. The molecule has 0 aliphatic heterocycles. The van der Waals surface area contributed by atoms with Crippen LogP contribution in [0.5, 0.6) is 0 Å². The molecule has 24 heavy (non-hydrogen) atoms. The number of nitrogens with one attached hydrogen (secondary N) is 2. The number of hydrogen-bond acceptors (Lipinski definition) is 3. The molecule has 1 saturated carbocycles. The first-order valence-corrected chi connectivity index (χ1v) is 8.53. The number of amides is 2. The Hall–Kier alpha value is -1.88. The lowest BCUT2D eigenvalue weighted by Crippen LogP contribution is -2.31. The van der Waals surface area contributed by atoms with Gasteiger partial charge in [0.1, 0.15) is 0 Å². The Balaban J connectivity index is 2.05. The fourth-order valence-electron chi connectivity index (χ4n) is 2.86. The van der Waals surface area contributed by atoms with E-state index in [0.29, 0.717) is 24.2 Å². The highest BCUT2D eigenvalue weighted by Gasteiger charge is 2.33. The smallest absolute Gasteiger partial charge is 0.229 e. The standard InChI is InChI=1S/C19H28N2O3/c1-13-7-8-14(11-15(13)21-17(23)18(2,3)4)20-16(22)12-19(24)9-5-6-10-19/h7-8,11,24H,5-6,9-10,12H2,1-4H3,(H,20,22)(H,21,23). The molecule has 132 valence electrons. The number of aryl methyl sites for hydroxylation is 1. The molecule has 1 aromatic rings. The van der Waals surface area contributed by atoms with Gasteiger partial charge >= 0.3 is 0 Å². The average Bonchev–Trinajstić information content (AvgIpc) is 2.87. The molecule has 0 unspecified atom stereocenters. The number of benzene rings is 1. The Bertz CT molecular complexity index is 626. The summed E-state index contributed by atoms with van der Waals surface area (Å²) in [4.78, 5) is 24.4. The molecule has 0 saturated heterocycles. The molecule has 0 radical (unpaired) electrons. The number of aliphatic hydroxyl groups is 1. The molecule has 0 aromatic heterocycles. The van der Waals surface area contributed by atoms with Gasteiger partial charge in [-0.2, -0.15) is 0 Å². The first-order chi connectivity index (χ1) is 11.1. The van der Waals surface area contributed by atoms with Gasteiger partial charge in [-0.3, -0.25) is 9.59 Å². The summed E-state index contributed by atoms with van der Waals surface area (Å²) in [5, 5.41) is 16.1. The van der Waals surface area contributed by atoms with Crippen molar-refractivity contribution in [1.82, 2.24) is 0 Å². The second-order valence-electron chi connectivity index (χ2n) is 7.89. The van der Waals surface area contributed by atoms with E-state index in [1.165, 1.54) is 0 Å². The molecule has 1 aliphatic rings. The SMILES string of the molecule is Cc1ccc(NC(=O)CC2(O)CCCC2)cc1NC(=O)C(C)(C)C. The Morgan fingerprint density at radius 3 is 2.38 bits per heavy atom. The maximum absolute atomic E-state index is 12.2. The molecule has 5 nitrogen and oxygen atoms in total. The van der Waals surface area contributed by atoms with Gasteiger partial charge in [-0.25, -0.2) is 0 Å². The van der Waals surface area contributed by atoms with E-state index in [1.807, 2.05) is 33.8 Å². The third-order valence-corrected chi connectivity index (χ3v) is 4.47. The number of hydrogen-bond donors (Lipinski definition) is 3. The van der Waals surface area contributed by atoms with Crippen molar-refractivity contribution in [3.63, 3.8) is 0 Å². The molecule has 1 aromatic carbocycles. The summed E-state index contributed by atoms with van der Waals surface area (Å²) >= 11 is 0. The lowest BCUT2D eigenvalue weighted by molar-refractivity contribution is -0.123. The predicted octanol–water partition coefficient (Wildman–Crippen LogP) is 3.61. The summed E-state index contributed by atoms with van der Waals surface area (Å²) in [5.74, 6) is -0.273. The Kier molecular flexibility index (Phi) is 5.33. The van der Waals surface area contributed by atoms with E-state index in [9.17, 15) is 14.7 Å². The van der Waals surface area contributed by atoms with Crippen molar-refractivity contribution in [2.75, 3.05) is 10.6 Å². The zero-order valence-corrected chi connectivity index (χ0v) is 15.0. The number of rotatable bonds is 4. The second-order valence-corrected chi connectivity index (χ2v) is 7.89. The zero-order valence-electron chi connectivity index (χ0n) is 15.0. The molecular formula is C19H28N2O3. The van der Waals surface area contributed by atoms with Gasteiger partial charge in [0.25, 0.3) is 0 Å². The van der Waals surface area contributed by atoms with Crippen LogP contribution in [0.25, 0.3) is 0 Å². The minimum atomic E-state index is -0.863. The van der Waals surface area contributed by atoms with E-state index in [0.717, 1.165) is 18.4 Å². The molecule has 2 amide bonds. The van der Waals surface area contributed by atoms with E-state index < -0.39 is 11.0 Å². The molecule has 0 spiro atoms. The maximum Gasteiger partial charge on any atom is 0.229 e. The van der Waals surface area contributed by atoms with Crippen LogP contribution in [0.15, 0.2) is 18.2 Å². The molecular weight excluding hydrogens is 304 g/mol. The van der Waals surface area contributed by atoms with Crippen molar-refractivity contribution >= 4 is 23.2 Å². The molecule has 0 atom stereocenters. The number of carbonyl (C=O) groups is 2. The van der Waals surface area contributed by atoms with E-state index in [1.54, 1.807) is 12.1 Å². The van der Waals surface area contributed by atoms with E-state index in [-0.39, 0.29) is 18.2 Å². The predicted molar refractivity (Wildman–Crippen MR) is 95.9 cm³/mol. The van der Waals surface area contributed by atoms with Gasteiger partial charge in [0.05, 0.1) is 12.0 Å². The fourth-order valence-corrected chi connectivity index (χ4v) is 2.86. The first-order valence-electron chi connectivity index (χ1n) is 8.53. The van der Waals surface area contributed by atoms with E-state index in [2.05, 4.69) is 10.6 Å². The molecule has 1 fully saturated rings. The van der Waals surface area contributed by atoms with Crippen molar-refractivity contribution in [2.45, 2.75) is 65.4 Å². The molecule has 3 N–H and O–H groups in total. The van der Waals surface area contributed by atoms with Crippen LogP contribution in [0.2, 0.25) is 0 Å². The first kappa shape index (κ1) is 18.5. The quantitative estimate of drug-likeness (QED) is 0.788. The highest BCUT2D eigenvalue weighted by Crippen LogP contribution is 2.32. The van der Waals surface area contributed by atoms with Gasteiger partial charge in [0.15, 0.2) is 0 Å². The van der Waals surface area contributed by atoms with Crippen LogP contribution < -0.4 is 10.6 Å². The van der Waals surface area contributed by atoms with Crippen LogP contribution in [0.1, 0.15) is 58.4 Å². The van der Waals surface area contributed by atoms with Gasteiger partial charge in [-0.05, 0) is 37.5 Å². The Labute approximate surface area is 143 Å². The summed E-state index contributed by atoms with van der Waals surface area (Å²) in [5.41, 5.74) is 0.888. The van der Waals surface area contributed by atoms with Crippen molar-refractivity contribution in [2.24, 2.45) is 5.41 Å². The minimum absolute atomic E-state index is 0.0747. The summed E-state index contributed by atoms with van der Waals surface area (Å²) < 4.78 is 0. The van der Waals surface area contributed by atoms with E-state index in [4.69, 9.17) is 0 Å². The number of carbonyl (C=O) groups excluding carboxylic acids is 2. The zero-order chi connectivity index (χ0) is 18.0. The van der Waals surface area contributed by atoms with Crippen molar-refractivity contribution in [3.8, 4) is 0 Å². The molecule has 0 bridgehead atoms.